The summed E-state index contributed by atoms with van der Waals surface area (Å²) in [6.07, 6.45) is -1.73. The third-order valence-corrected chi connectivity index (χ3v) is 1.59. The molecule has 0 aromatic carbocycles. The Kier molecular flexibility index (Phi) is 1.55. The molecular formula is C6H9O3. The van der Waals surface area contributed by atoms with Gasteiger partial charge in [-0.05, 0) is 19.3 Å². The number of aliphatic hydroxyl groups excluding tert-OH is 2. The number of Topliss-reactive ketones (excluding diaryl/α,β-unsaturated/α-hetero) is 1. The standard InChI is InChI=1S/C6H9O3/c1-3-2-4(7)6(9)5(3)8/h3-5,7-8H,1-2H2. The molecular weight excluding hydrogens is 120 g/mol. The Morgan fingerprint density at radius 1 is 1.56 bits per heavy atom. The Balaban J connectivity index is 2.65. The summed E-state index contributed by atoms with van der Waals surface area (Å²) < 4.78 is 0. The lowest BCUT2D eigenvalue weighted by atomic mass is 10.1. The lowest BCUT2D eigenvalue weighted by Crippen LogP contribution is -2.23. The second-order valence-corrected chi connectivity index (χ2v) is 2.36. The Bertz CT molecular complexity index is 132. The molecule has 0 saturated heterocycles. The Morgan fingerprint density at radius 3 is 2.22 bits per heavy atom. The predicted molar refractivity (Wildman–Crippen MR) is 30.5 cm³/mol. The van der Waals surface area contributed by atoms with Crippen LogP contribution in [-0.4, -0.2) is 28.2 Å². The first-order valence-corrected chi connectivity index (χ1v) is 2.86. The van der Waals surface area contributed by atoms with Crippen molar-refractivity contribution in [3.63, 3.8) is 0 Å². The molecule has 3 unspecified atom stereocenters. The lowest BCUT2D eigenvalue weighted by Gasteiger charge is -2.02. The maximum absolute atomic E-state index is 10.6. The van der Waals surface area contributed by atoms with Crippen molar-refractivity contribution >= 4 is 5.78 Å². The van der Waals surface area contributed by atoms with Gasteiger partial charge in [-0.2, -0.15) is 0 Å². The molecule has 3 nitrogen and oxygen atoms in total. The van der Waals surface area contributed by atoms with E-state index in [0.29, 0.717) is 6.42 Å². The number of hydrogen-bond acceptors (Lipinski definition) is 3. The van der Waals surface area contributed by atoms with E-state index in [9.17, 15) is 4.79 Å². The van der Waals surface area contributed by atoms with Gasteiger partial charge in [0.2, 0.25) is 0 Å². The van der Waals surface area contributed by atoms with Gasteiger partial charge < -0.3 is 10.2 Å². The molecule has 3 atom stereocenters. The van der Waals surface area contributed by atoms with Gasteiger partial charge in [-0.3, -0.25) is 4.79 Å². The highest BCUT2D eigenvalue weighted by Crippen LogP contribution is 2.21. The normalized spacial score (nSPS) is 43.9. The molecule has 0 bridgehead atoms. The fraction of sp³-hybridized carbons (Fsp3) is 0.667. The second kappa shape index (κ2) is 2.08. The zero-order valence-electron chi connectivity index (χ0n) is 4.95. The van der Waals surface area contributed by atoms with E-state index in [-0.39, 0.29) is 5.92 Å². The maximum atomic E-state index is 10.6. The van der Waals surface area contributed by atoms with Gasteiger partial charge in [0.1, 0.15) is 12.2 Å². The summed E-state index contributed by atoms with van der Waals surface area (Å²) in [4.78, 5) is 10.6. The third kappa shape index (κ3) is 0.976. The number of aliphatic hydroxyl groups is 2. The smallest absolute Gasteiger partial charge is 0.189 e. The van der Waals surface area contributed by atoms with Gasteiger partial charge in [0.15, 0.2) is 5.78 Å². The van der Waals surface area contributed by atoms with Crippen molar-refractivity contribution in [2.24, 2.45) is 5.92 Å². The minimum absolute atomic E-state index is 0.292. The van der Waals surface area contributed by atoms with Crippen LogP contribution in [0.3, 0.4) is 0 Å². The molecule has 51 valence electrons. The minimum atomic E-state index is -1.04. The fourth-order valence-electron chi connectivity index (χ4n) is 0.961. The van der Waals surface area contributed by atoms with Crippen molar-refractivity contribution in [2.45, 2.75) is 18.6 Å². The number of carbonyl (C=O) groups is 1. The van der Waals surface area contributed by atoms with E-state index in [1.807, 2.05) is 0 Å². The number of hydrogen-bond donors (Lipinski definition) is 2. The highest BCUT2D eigenvalue weighted by atomic mass is 16.3. The zero-order valence-corrected chi connectivity index (χ0v) is 4.95. The quantitative estimate of drug-likeness (QED) is 0.447. The first-order valence-electron chi connectivity index (χ1n) is 2.86. The van der Waals surface area contributed by atoms with E-state index in [0.717, 1.165) is 0 Å². The Labute approximate surface area is 53.3 Å². The SMILES string of the molecule is [CH2]C1CC(O)C(=O)C1O. The van der Waals surface area contributed by atoms with Crippen LogP contribution in [0.25, 0.3) is 0 Å². The molecule has 0 aromatic rings. The summed E-state index contributed by atoms with van der Waals surface area (Å²) in [6, 6.07) is 0. The van der Waals surface area contributed by atoms with Crippen LogP contribution in [0.4, 0.5) is 0 Å². The van der Waals surface area contributed by atoms with Gasteiger partial charge in [-0.1, -0.05) is 0 Å². The van der Waals surface area contributed by atoms with E-state index in [1.54, 1.807) is 0 Å². The van der Waals surface area contributed by atoms with Crippen molar-refractivity contribution in [3.05, 3.63) is 6.92 Å². The van der Waals surface area contributed by atoms with Crippen molar-refractivity contribution < 1.29 is 15.0 Å². The van der Waals surface area contributed by atoms with Gasteiger partial charge in [0.25, 0.3) is 0 Å². The van der Waals surface area contributed by atoms with Gasteiger partial charge >= 0.3 is 0 Å². The van der Waals surface area contributed by atoms with E-state index in [4.69, 9.17) is 10.2 Å². The molecule has 0 aromatic heterocycles. The van der Waals surface area contributed by atoms with E-state index < -0.39 is 18.0 Å². The van der Waals surface area contributed by atoms with Crippen LogP contribution in [0.15, 0.2) is 0 Å². The topological polar surface area (TPSA) is 57.5 Å². The second-order valence-electron chi connectivity index (χ2n) is 2.36. The molecule has 0 aliphatic heterocycles. The molecule has 1 rings (SSSR count). The van der Waals surface area contributed by atoms with Crippen LogP contribution in [0, 0.1) is 12.8 Å². The first-order chi connectivity index (χ1) is 4.13. The van der Waals surface area contributed by atoms with Crippen LogP contribution in [0.5, 0.6) is 0 Å². The monoisotopic (exact) mass is 129 g/mol. The number of rotatable bonds is 0. The maximum Gasteiger partial charge on any atom is 0.189 e. The summed E-state index contributed by atoms with van der Waals surface area (Å²) in [5, 5.41) is 17.7. The minimum Gasteiger partial charge on any atom is -0.385 e. The van der Waals surface area contributed by atoms with E-state index in [1.165, 1.54) is 0 Å². The van der Waals surface area contributed by atoms with Crippen LogP contribution in [-0.2, 0) is 4.79 Å². The Hall–Kier alpha value is -0.410. The highest BCUT2D eigenvalue weighted by Gasteiger charge is 2.37. The van der Waals surface area contributed by atoms with E-state index in [2.05, 4.69) is 6.92 Å². The summed E-state index contributed by atoms with van der Waals surface area (Å²) in [5.41, 5.74) is 0. The number of carbonyl (C=O) groups excluding carboxylic acids is 1. The average molecular weight is 129 g/mol. The molecule has 9 heavy (non-hydrogen) atoms. The fourth-order valence-corrected chi connectivity index (χ4v) is 0.961. The molecule has 0 heterocycles. The van der Waals surface area contributed by atoms with Crippen LogP contribution in [0.1, 0.15) is 6.42 Å². The largest absolute Gasteiger partial charge is 0.385 e. The van der Waals surface area contributed by atoms with Crippen molar-refractivity contribution in [3.8, 4) is 0 Å². The molecule has 1 aliphatic carbocycles. The molecule has 1 radical (unpaired) electrons. The van der Waals surface area contributed by atoms with Crippen molar-refractivity contribution in [2.75, 3.05) is 0 Å². The first kappa shape index (κ1) is 6.71. The molecule has 2 N–H and O–H groups in total. The summed E-state index contributed by atoms with van der Waals surface area (Å²) in [6.45, 7) is 3.49. The summed E-state index contributed by atoms with van der Waals surface area (Å²) in [5.74, 6) is -0.817. The molecule has 1 saturated carbocycles. The predicted octanol–water partition coefficient (Wildman–Crippen LogP) is -0.869. The Morgan fingerprint density at radius 2 is 2.11 bits per heavy atom. The van der Waals surface area contributed by atoms with E-state index >= 15 is 0 Å². The van der Waals surface area contributed by atoms with Crippen LogP contribution >= 0.6 is 0 Å². The zero-order chi connectivity index (χ0) is 7.02. The summed E-state index contributed by atoms with van der Waals surface area (Å²) in [7, 11) is 0. The molecule has 3 heteroatoms. The summed E-state index contributed by atoms with van der Waals surface area (Å²) >= 11 is 0. The van der Waals surface area contributed by atoms with Gasteiger partial charge in [0.05, 0.1) is 0 Å². The van der Waals surface area contributed by atoms with Crippen LogP contribution in [0.2, 0.25) is 0 Å². The molecule has 1 fully saturated rings. The van der Waals surface area contributed by atoms with Gasteiger partial charge in [-0.25, -0.2) is 0 Å². The lowest BCUT2D eigenvalue weighted by molar-refractivity contribution is -0.131. The van der Waals surface area contributed by atoms with Crippen molar-refractivity contribution in [1.29, 1.82) is 0 Å². The van der Waals surface area contributed by atoms with Gasteiger partial charge in [0, 0.05) is 0 Å². The van der Waals surface area contributed by atoms with Gasteiger partial charge in [-0.15, -0.1) is 0 Å². The molecule has 0 amide bonds. The number of ketones is 1. The molecule has 1 aliphatic rings. The third-order valence-electron chi connectivity index (χ3n) is 1.59. The van der Waals surface area contributed by atoms with Crippen molar-refractivity contribution in [1.82, 2.24) is 0 Å². The van der Waals surface area contributed by atoms with Crippen LogP contribution < -0.4 is 0 Å². The highest BCUT2D eigenvalue weighted by molar-refractivity contribution is 5.89. The average Bonchev–Trinajstić information content (AvgIpc) is 1.98. The molecule has 0 spiro atoms.